The van der Waals surface area contributed by atoms with E-state index in [1.165, 1.54) is 12.7 Å². The molecule has 3 aromatic rings. The summed E-state index contributed by atoms with van der Waals surface area (Å²) in [5.41, 5.74) is 0. The number of piperazine rings is 1. The predicted molar refractivity (Wildman–Crippen MR) is 91.5 cm³/mol. The van der Waals surface area contributed by atoms with E-state index in [-0.39, 0.29) is 5.91 Å². The van der Waals surface area contributed by atoms with Gasteiger partial charge < -0.3 is 14.2 Å². The second kappa shape index (κ2) is 6.63. The number of halogens is 1. The van der Waals surface area contributed by atoms with Crippen LogP contribution in [0.3, 0.4) is 0 Å². The number of hydrogen-bond donors (Lipinski definition) is 0. The van der Waals surface area contributed by atoms with E-state index in [2.05, 4.69) is 40.9 Å². The summed E-state index contributed by atoms with van der Waals surface area (Å²) in [6, 6.07) is 5.25. The van der Waals surface area contributed by atoms with Crippen molar-refractivity contribution in [3.8, 4) is 5.82 Å². The van der Waals surface area contributed by atoms with Gasteiger partial charge in [-0.3, -0.25) is 4.79 Å². The number of hydrogen-bond acceptors (Lipinski definition) is 7. The van der Waals surface area contributed by atoms with E-state index in [1.807, 2.05) is 6.07 Å². The zero-order valence-electron chi connectivity index (χ0n) is 13.1. The lowest BCUT2D eigenvalue weighted by molar-refractivity contribution is 0.0713. The first-order chi connectivity index (χ1) is 12.2. The SMILES string of the molecule is O=C(c1ccc(Br)o1)N1CCN(c2cc(-n3cncn3)ncn2)CC1. The maximum atomic E-state index is 12.4. The van der Waals surface area contributed by atoms with Gasteiger partial charge in [-0.15, -0.1) is 0 Å². The molecule has 4 heterocycles. The summed E-state index contributed by atoms with van der Waals surface area (Å²) >= 11 is 3.22. The van der Waals surface area contributed by atoms with Crippen molar-refractivity contribution < 1.29 is 9.21 Å². The molecule has 10 heteroatoms. The van der Waals surface area contributed by atoms with Crippen LogP contribution in [0.1, 0.15) is 10.6 Å². The summed E-state index contributed by atoms with van der Waals surface area (Å²) in [5, 5.41) is 4.07. The Bertz CT molecular complexity index is 872. The molecule has 0 aliphatic carbocycles. The highest BCUT2D eigenvalue weighted by Crippen LogP contribution is 2.19. The zero-order chi connectivity index (χ0) is 17.2. The maximum absolute atomic E-state index is 12.4. The molecular weight excluding hydrogens is 390 g/mol. The zero-order valence-corrected chi connectivity index (χ0v) is 14.7. The van der Waals surface area contributed by atoms with Crippen molar-refractivity contribution in [3.63, 3.8) is 0 Å². The van der Waals surface area contributed by atoms with Crippen LogP contribution in [0.4, 0.5) is 5.82 Å². The quantitative estimate of drug-likeness (QED) is 0.651. The van der Waals surface area contributed by atoms with Gasteiger partial charge in [-0.05, 0) is 28.1 Å². The Morgan fingerprint density at radius 3 is 2.56 bits per heavy atom. The molecule has 1 aliphatic rings. The Hall–Kier alpha value is -2.75. The summed E-state index contributed by atoms with van der Waals surface area (Å²) in [4.78, 5) is 28.8. The highest BCUT2D eigenvalue weighted by Gasteiger charge is 2.25. The van der Waals surface area contributed by atoms with Crippen LogP contribution in [0, 0.1) is 0 Å². The number of aromatic nitrogens is 5. The van der Waals surface area contributed by atoms with Crippen LogP contribution in [-0.2, 0) is 0 Å². The molecule has 0 aromatic carbocycles. The summed E-state index contributed by atoms with van der Waals surface area (Å²) in [7, 11) is 0. The van der Waals surface area contributed by atoms with Gasteiger partial charge in [-0.2, -0.15) is 5.10 Å². The first kappa shape index (κ1) is 15.8. The third-order valence-electron chi connectivity index (χ3n) is 3.97. The van der Waals surface area contributed by atoms with E-state index in [1.54, 1.807) is 28.0 Å². The number of nitrogens with zero attached hydrogens (tertiary/aromatic N) is 7. The summed E-state index contributed by atoms with van der Waals surface area (Å²) in [6.07, 6.45) is 4.55. The molecule has 0 atom stereocenters. The predicted octanol–water partition coefficient (Wildman–Crippen LogP) is 1.38. The second-order valence-electron chi connectivity index (χ2n) is 5.46. The minimum atomic E-state index is -0.101. The van der Waals surface area contributed by atoms with Crippen LogP contribution >= 0.6 is 15.9 Å². The van der Waals surface area contributed by atoms with Crippen molar-refractivity contribution >= 4 is 27.7 Å². The van der Waals surface area contributed by atoms with Gasteiger partial charge in [0.2, 0.25) is 0 Å². The standard InChI is InChI=1S/C15H14BrN7O2/c16-12-2-1-11(25-12)15(24)22-5-3-21(4-6-22)13-7-14(19-9-18-13)23-10-17-8-20-23/h1-2,7-10H,3-6H2. The van der Waals surface area contributed by atoms with Crippen molar-refractivity contribution in [2.24, 2.45) is 0 Å². The first-order valence-electron chi connectivity index (χ1n) is 7.67. The molecular formula is C15H14BrN7O2. The number of carbonyl (C=O) groups excluding carboxylic acids is 1. The Morgan fingerprint density at radius 1 is 1.08 bits per heavy atom. The molecule has 0 bridgehead atoms. The van der Waals surface area contributed by atoms with Gasteiger partial charge >= 0.3 is 0 Å². The lowest BCUT2D eigenvalue weighted by Crippen LogP contribution is -2.49. The third kappa shape index (κ3) is 3.25. The lowest BCUT2D eigenvalue weighted by atomic mass is 10.3. The van der Waals surface area contributed by atoms with Gasteiger partial charge in [-0.25, -0.2) is 19.6 Å². The Morgan fingerprint density at radius 2 is 1.88 bits per heavy atom. The highest BCUT2D eigenvalue weighted by molar-refractivity contribution is 9.10. The fourth-order valence-corrected chi connectivity index (χ4v) is 2.99. The topological polar surface area (TPSA) is 93.2 Å². The minimum absolute atomic E-state index is 0.101. The van der Waals surface area contributed by atoms with E-state index >= 15 is 0 Å². The summed E-state index contributed by atoms with van der Waals surface area (Å²) in [5.74, 6) is 1.70. The van der Waals surface area contributed by atoms with Crippen molar-refractivity contribution in [2.45, 2.75) is 0 Å². The fraction of sp³-hybridized carbons (Fsp3) is 0.267. The Labute approximate surface area is 151 Å². The maximum Gasteiger partial charge on any atom is 0.289 e. The van der Waals surface area contributed by atoms with Crippen LogP contribution in [0.2, 0.25) is 0 Å². The van der Waals surface area contributed by atoms with Gasteiger partial charge in [0.15, 0.2) is 16.2 Å². The average molecular weight is 404 g/mol. The van der Waals surface area contributed by atoms with Gasteiger partial charge in [0, 0.05) is 32.2 Å². The second-order valence-corrected chi connectivity index (χ2v) is 6.24. The van der Waals surface area contributed by atoms with Crippen LogP contribution in [0.5, 0.6) is 0 Å². The molecule has 4 rings (SSSR count). The molecule has 0 radical (unpaired) electrons. The van der Waals surface area contributed by atoms with Crippen molar-refractivity contribution in [1.82, 2.24) is 29.6 Å². The van der Waals surface area contributed by atoms with E-state index < -0.39 is 0 Å². The average Bonchev–Trinajstić information content (AvgIpc) is 3.33. The minimum Gasteiger partial charge on any atom is -0.444 e. The van der Waals surface area contributed by atoms with Crippen LogP contribution in [0.15, 0.2) is 46.3 Å². The van der Waals surface area contributed by atoms with Gasteiger partial charge in [0.25, 0.3) is 5.91 Å². The summed E-state index contributed by atoms with van der Waals surface area (Å²) < 4.78 is 7.48. The van der Waals surface area contributed by atoms with E-state index in [0.717, 1.165) is 5.82 Å². The van der Waals surface area contributed by atoms with E-state index in [4.69, 9.17) is 4.42 Å². The van der Waals surface area contributed by atoms with Crippen molar-refractivity contribution in [2.75, 3.05) is 31.1 Å². The number of rotatable bonds is 3. The first-order valence-corrected chi connectivity index (χ1v) is 8.46. The van der Waals surface area contributed by atoms with Crippen LogP contribution in [0.25, 0.3) is 5.82 Å². The van der Waals surface area contributed by atoms with Gasteiger partial charge in [0.1, 0.15) is 24.8 Å². The van der Waals surface area contributed by atoms with Crippen molar-refractivity contribution in [3.05, 3.63) is 47.6 Å². The molecule has 1 amide bonds. The molecule has 1 saturated heterocycles. The molecule has 1 aliphatic heterocycles. The lowest BCUT2D eigenvalue weighted by Gasteiger charge is -2.35. The third-order valence-corrected chi connectivity index (χ3v) is 4.39. The monoisotopic (exact) mass is 403 g/mol. The number of anilines is 1. The van der Waals surface area contributed by atoms with Crippen LogP contribution < -0.4 is 4.90 Å². The molecule has 25 heavy (non-hydrogen) atoms. The number of furan rings is 1. The molecule has 1 fully saturated rings. The smallest absolute Gasteiger partial charge is 0.289 e. The van der Waals surface area contributed by atoms with Crippen LogP contribution in [-0.4, -0.2) is 61.7 Å². The molecule has 0 spiro atoms. The molecule has 9 nitrogen and oxygen atoms in total. The van der Waals surface area contributed by atoms with Gasteiger partial charge in [-0.1, -0.05) is 0 Å². The Balaban J connectivity index is 1.44. The Kier molecular flexibility index (Phi) is 4.18. The molecule has 128 valence electrons. The number of amides is 1. The largest absolute Gasteiger partial charge is 0.444 e. The summed E-state index contributed by atoms with van der Waals surface area (Å²) in [6.45, 7) is 2.56. The van der Waals surface area contributed by atoms with E-state index in [9.17, 15) is 4.79 Å². The molecule has 3 aromatic heterocycles. The molecule has 0 saturated carbocycles. The number of carbonyl (C=O) groups is 1. The molecule has 0 unspecified atom stereocenters. The highest BCUT2D eigenvalue weighted by atomic mass is 79.9. The van der Waals surface area contributed by atoms with E-state index in [0.29, 0.717) is 42.4 Å². The molecule has 0 N–H and O–H groups in total. The van der Waals surface area contributed by atoms with Crippen molar-refractivity contribution in [1.29, 1.82) is 0 Å². The van der Waals surface area contributed by atoms with Gasteiger partial charge in [0.05, 0.1) is 0 Å². The fourth-order valence-electron chi connectivity index (χ4n) is 2.69. The normalized spacial score (nSPS) is 14.8.